The van der Waals surface area contributed by atoms with Crippen LogP contribution in [0.4, 0.5) is 5.69 Å². The summed E-state index contributed by atoms with van der Waals surface area (Å²) in [6, 6.07) is 14.8. The van der Waals surface area contributed by atoms with Gasteiger partial charge in [-0.25, -0.2) is 0 Å². The Morgan fingerprint density at radius 1 is 1.00 bits per heavy atom. The fourth-order valence-corrected chi connectivity index (χ4v) is 2.23. The van der Waals surface area contributed by atoms with Gasteiger partial charge in [0.05, 0.1) is 0 Å². The van der Waals surface area contributed by atoms with Gasteiger partial charge in [0.2, 0.25) is 0 Å². The number of amides is 1. The quantitative estimate of drug-likeness (QED) is 0.844. The molecule has 2 aromatic rings. The molecule has 0 saturated carbocycles. The van der Waals surface area contributed by atoms with E-state index in [-0.39, 0.29) is 12.3 Å². The van der Waals surface area contributed by atoms with E-state index in [0.29, 0.717) is 17.9 Å². The number of carbonyl (C=O) groups excluding carboxylic acids is 1. The summed E-state index contributed by atoms with van der Waals surface area (Å²) in [6.07, 6.45) is 0.557. The van der Waals surface area contributed by atoms with Crippen molar-refractivity contribution in [1.29, 1.82) is 0 Å². The molecule has 0 bridgehead atoms. The largest absolute Gasteiger partial charge is 0.481 e. The minimum absolute atomic E-state index is 0.0910. The lowest BCUT2D eigenvalue weighted by molar-refractivity contribution is -0.136. The molecule has 4 nitrogen and oxygen atoms in total. The zero-order valence-electron chi connectivity index (χ0n) is 13.4. The standard InChI is InChI=1S/C19H21NO3/c1-13(2)15-8-10-17(11-9-15)20-19(23)16-6-3-14(4-7-16)5-12-18(21)22/h3-4,6-11,13H,5,12H2,1-2H3,(H,20,23)(H,21,22). The maximum absolute atomic E-state index is 12.2. The molecule has 1 amide bonds. The van der Waals surface area contributed by atoms with Crippen molar-refractivity contribution < 1.29 is 14.7 Å². The van der Waals surface area contributed by atoms with Crippen LogP contribution in [0.3, 0.4) is 0 Å². The number of benzene rings is 2. The molecular weight excluding hydrogens is 290 g/mol. The molecule has 0 atom stereocenters. The molecule has 0 unspecified atom stereocenters. The molecule has 0 aliphatic rings. The second kappa shape index (κ2) is 7.58. The summed E-state index contributed by atoms with van der Waals surface area (Å²) in [5.74, 6) is -0.540. The van der Waals surface area contributed by atoms with E-state index < -0.39 is 5.97 Å². The molecule has 0 heterocycles. The predicted molar refractivity (Wildman–Crippen MR) is 90.9 cm³/mol. The van der Waals surface area contributed by atoms with Crippen molar-refractivity contribution in [2.75, 3.05) is 5.32 Å². The lowest BCUT2D eigenvalue weighted by Gasteiger charge is -2.09. The van der Waals surface area contributed by atoms with Gasteiger partial charge >= 0.3 is 5.97 Å². The highest BCUT2D eigenvalue weighted by atomic mass is 16.4. The van der Waals surface area contributed by atoms with Crippen LogP contribution in [0.2, 0.25) is 0 Å². The second-order valence-corrected chi connectivity index (χ2v) is 5.82. The number of carboxylic acid groups (broad SMARTS) is 1. The first kappa shape index (κ1) is 16.7. The highest BCUT2D eigenvalue weighted by Crippen LogP contribution is 2.18. The van der Waals surface area contributed by atoms with E-state index in [0.717, 1.165) is 11.3 Å². The molecule has 0 aliphatic carbocycles. The van der Waals surface area contributed by atoms with Crippen molar-refractivity contribution in [2.24, 2.45) is 0 Å². The number of hydrogen-bond donors (Lipinski definition) is 2. The summed E-state index contributed by atoms with van der Waals surface area (Å²) < 4.78 is 0. The average molecular weight is 311 g/mol. The highest BCUT2D eigenvalue weighted by molar-refractivity contribution is 6.04. The molecule has 2 N–H and O–H groups in total. The Bertz CT molecular complexity index is 673. The number of aliphatic carboxylic acids is 1. The Hall–Kier alpha value is -2.62. The van der Waals surface area contributed by atoms with Crippen LogP contribution in [0.15, 0.2) is 48.5 Å². The van der Waals surface area contributed by atoms with Gasteiger partial charge in [-0.1, -0.05) is 38.1 Å². The fourth-order valence-electron chi connectivity index (χ4n) is 2.23. The van der Waals surface area contributed by atoms with Gasteiger partial charge in [0.25, 0.3) is 5.91 Å². The first-order valence-electron chi connectivity index (χ1n) is 7.68. The van der Waals surface area contributed by atoms with Crippen molar-refractivity contribution in [3.63, 3.8) is 0 Å². The molecule has 2 aromatic carbocycles. The van der Waals surface area contributed by atoms with Crippen LogP contribution >= 0.6 is 0 Å². The molecule has 2 rings (SSSR count). The number of nitrogens with one attached hydrogen (secondary N) is 1. The zero-order valence-corrected chi connectivity index (χ0v) is 13.4. The maximum Gasteiger partial charge on any atom is 0.303 e. The molecule has 0 radical (unpaired) electrons. The summed E-state index contributed by atoms with van der Waals surface area (Å²) in [5.41, 5.74) is 3.45. The topological polar surface area (TPSA) is 66.4 Å². The van der Waals surface area contributed by atoms with E-state index in [1.807, 2.05) is 24.3 Å². The smallest absolute Gasteiger partial charge is 0.303 e. The number of aryl methyl sites for hydroxylation is 1. The van der Waals surface area contributed by atoms with E-state index in [1.165, 1.54) is 5.56 Å². The summed E-state index contributed by atoms with van der Waals surface area (Å²) in [6.45, 7) is 4.25. The van der Waals surface area contributed by atoms with E-state index in [2.05, 4.69) is 19.2 Å². The molecule has 4 heteroatoms. The number of anilines is 1. The number of rotatable bonds is 6. The third-order valence-corrected chi connectivity index (χ3v) is 3.68. The summed E-state index contributed by atoms with van der Waals surface area (Å²) in [5, 5.41) is 11.5. The van der Waals surface area contributed by atoms with Crippen molar-refractivity contribution in [3.8, 4) is 0 Å². The Labute approximate surface area is 136 Å². The van der Waals surface area contributed by atoms with Crippen molar-refractivity contribution in [3.05, 3.63) is 65.2 Å². The van der Waals surface area contributed by atoms with E-state index in [4.69, 9.17) is 5.11 Å². The molecular formula is C19H21NO3. The molecule has 0 saturated heterocycles. The maximum atomic E-state index is 12.2. The summed E-state index contributed by atoms with van der Waals surface area (Å²) in [7, 11) is 0. The molecule has 0 fully saturated rings. The zero-order chi connectivity index (χ0) is 16.8. The minimum Gasteiger partial charge on any atom is -0.481 e. The molecule has 0 aromatic heterocycles. The van der Waals surface area contributed by atoms with E-state index in [9.17, 15) is 9.59 Å². The summed E-state index contributed by atoms with van der Waals surface area (Å²) in [4.78, 5) is 22.8. The van der Waals surface area contributed by atoms with Gasteiger partial charge in [0.1, 0.15) is 0 Å². The second-order valence-electron chi connectivity index (χ2n) is 5.82. The lowest BCUT2D eigenvalue weighted by Crippen LogP contribution is -2.12. The Balaban J connectivity index is 1.98. The monoisotopic (exact) mass is 311 g/mol. The Kier molecular flexibility index (Phi) is 5.52. The minimum atomic E-state index is -0.823. The van der Waals surface area contributed by atoms with Gasteiger partial charge in [-0.05, 0) is 47.7 Å². The van der Waals surface area contributed by atoms with Gasteiger partial charge in [0, 0.05) is 17.7 Å². The van der Waals surface area contributed by atoms with Crippen LogP contribution in [0, 0.1) is 0 Å². The van der Waals surface area contributed by atoms with Gasteiger partial charge in [-0.3, -0.25) is 9.59 Å². The van der Waals surface area contributed by atoms with Gasteiger partial charge < -0.3 is 10.4 Å². The van der Waals surface area contributed by atoms with E-state index in [1.54, 1.807) is 24.3 Å². The first-order valence-corrected chi connectivity index (χ1v) is 7.68. The molecule has 0 aliphatic heterocycles. The van der Waals surface area contributed by atoms with Crippen molar-refractivity contribution in [1.82, 2.24) is 0 Å². The SMILES string of the molecule is CC(C)c1ccc(NC(=O)c2ccc(CCC(=O)O)cc2)cc1. The lowest BCUT2D eigenvalue weighted by atomic mass is 10.0. The van der Waals surface area contributed by atoms with Crippen LogP contribution in [0.25, 0.3) is 0 Å². The van der Waals surface area contributed by atoms with Crippen LogP contribution in [0.1, 0.15) is 47.7 Å². The van der Waals surface area contributed by atoms with Gasteiger partial charge in [-0.2, -0.15) is 0 Å². The normalized spacial score (nSPS) is 10.6. The van der Waals surface area contributed by atoms with Crippen LogP contribution in [-0.2, 0) is 11.2 Å². The number of hydrogen-bond acceptors (Lipinski definition) is 2. The molecule has 120 valence electrons. The van der Waals surface area contributed by atoms with E-state index >= 15 is 0 Å². The number of carbonyl (C=O) groups is 2. The van der Waals surface area contributed by atoms with Crippen LogP contribution < -0.4 is 5.32 Å². The fraction of sp³-hybridized carbons (Fsp3) is 0.263. The average Bonchev–Trinajstić information content (AvgIpc) is 2.54. The Morgan fingerprint density at radius 3 is 2.13 bits per heavy atom. The van der Waals surface area contributed by atoms with Crippen LogP contribution in [-0.4, -0.2) is 17.0 Å². The molecule has 23 heavy (non-hydrogen) atoms. The number of carboxylic acids is 1. The third kappa shape index (κ3) is 4.95. The van der Waals surface area contributed by atoms with Gasteiger partial charge in [0.15, 0.2) is 0 Å². The van der Waals surface area contributed by atoms with Gasteiger partial charge in [-0.15, -0.1) is 0 Å². The third-order valence-electron chi connectivity index (χ3n) is 3.68. The first-order chi connectivity index (χ1) is 11.0. The molecule has 0 spiro atoms. The van der Waals surface area contributed by atoms with Crippen LogP contribution in [0.5, 0.6) is 0 Å². The highest BCUT2D eigenvalue weighted by Gasteiger charge is 2.07. The van der Waals surface area contributed by atoms with Crippen molar-refractivity contribution in [2.45, 2.75) is 32.6 Å². The van der Waals surface area contributed by atoms with Crippen molar-refractivity contribution >= 4 is 17.6 Å². The Morgan fingerprint density at radius 2 is 1.61 bits per heavy atom. The summed E-state index contributed by atoms with van der Waals surface area (Å²) >= 11 is 0. The predicted octanol–water partition coefficient (Wildman–Crippen LogP) is 4.08.